The fourth-order valence-electron chi connectivity index (χ4n) is 4.23. The van der Waals surface area contributed by atoms with Gasteiger partial charge in [0.15, 0.2) is 0 Å². The minimum atomic E-state index is -1.49. The minimum absolute atomic E-state index is 0.0580. The molecule has 5 rings (SSSR count). The molecule has 0 bridgehead atoms. The molecule has 0 spiro atoms. The average Bonchev–Trinajstić information content (AvgIpc) is 3.01. The van der Waals surface area contributed by atoms with Gasteiger partial charge in [0.05, 0.1) is 24.5 Å². The molecule has 8 heteroatoms. The van der Waals surface area contributed by atoms with E-state index in [1.165, 1.54) is 12.2 Å². The Hall–Kier alpha value is -3.86. The van der Waals surface area contributed by atoms with Gasteiger partial charge in [-0.15, -0.1) is 0 Å². The number of hydrogen-bond donors (Lipinski definition) is 1. The summed E-state index contributed by atoms with van der Waals surface area (Å²) in [5.74, 6) is 6.03. The van der Waals surface area contributed by atoms with Gasteiger partial charge in [0.25, 0.3) is 0 Å². The van der Waals surface area contributed by atoms with Crippen molar-refractivity contribution in [2.24, 2.45) is 4.99 Å². The summed E-state index contributed by atoms with van der Waals surface area (Å²) in [6.07, 6.45) is 3.07. The Balaban J connectivity index is 1.52. The summed E-state index contributed by atoms with van der Waals surface area (Å²) in [5.41, 5.74) is 4.46. The highest BCUT2D eigenvalue weighted by Crippen LogP contribution is 2.36. The zero-order chi connectivity index (χ0) is 25.9. The van der Waals surface area contributed by atoms with Crippen LogP contribution in [0.5, 0.6) is 0 Å². The van der Waals surface area contributed by atoms with Crippen LogP contribution in [0.1, 0.15) is 23.1 Å². The predicted octanol–water partition coefficient (Wildman–Crippen LogP) is 6.28. The summed E-state index contributed by atoms with van der Waals surface area (Å²) in [7, 11) is 3.94. The SMILES string of the molecule is CN(C)CC#Cc1cccc(Nc2ncc3c(n2)-c2ccc(Cl)cc2C(C2=C(F)C=CCC2F)=NC3)c1. The molecule has 1 N–H and O–H groups in total. The van der Waals surface area contributed by atoms with Crippen LogP contribution >= 0.6 is 11.6 Å². The number of allylic oxidation sites excluding steroid dienone is 4. The highest BCUT2D eigenvalue weighted by molar-refractivity contribution is 6.31. The van der Waals surface area contributed by atoms with Gasteiger partial charge in [-0.25, -0.2) is 18.7 Å². The molecule has 0 saturated carbocycles. The second kappa shape index (κ2) is 10.6. The molecule has 0 amide bonds. The number of rotatable bonds is 4. The van der Waals surface area contributed by atoms with Crippen molar-refractivity contribution in [1.29, 1.82) is 0 Å². The van der Waals surface area contributed by atoms with Gasteiger partial charge in [0, 0.05) is 51.2 Å². The van der Waals surface area contributed by atoms with E-state index in [1.54, 1.807) is 24.4 Å². The molecule has 3 aromatic rings. The lowest BCUT2D eigenvalue weighted by Crippen LogP contribution is -2.19. The highest BCUT2D eigenvalue weighted by atomic mass is 35.5. The number of anilines is 2. The van der Waals surface area contributed by atoms with Crippen molar-refractivity contribution in [2.45, 2.75) is 19.1 Å². The van der Waals surface area contributed by atoms with E-state index in [4.69, 9.17) is 16.6 Å². The Morgan fingerprint density at radius 3 is 2.84 bits per heavy atom. The lowest BCUT2D eigenvalue weighted by atomic mass is 9.90. The van der Waals surface area contributed by atoms with E-state index in [9.17, 15) is 8.78 Å². The fourth-order valence-corrected chi connectivity index (χ4v) is 4.40. The Bertz CT molecular complexity index is 1510. The van der Waals surface area contributed by atoms with Gasteiger partial charge < -0.3 is 5.32 Å². The van der Waals surface area contributed by atoms with Crippen molar-refractivity contribution in [3.05, 3.63) is 93.9 Å². The summed E-state index contributed by atoms with van der Waals surface area (Å²) in [6, 6.07) is 12.9. The standard InChI is InChI=1S/C29H24ClF2N5/c1-37(2)13-5-7-18-6-3-8-21(14-18)35-29-34-17-19-16-33-28(26-24(31)9-4-10-25(26)32)23-15-20(30)11-12-22(23)27(19)36-29/h3-4,6,8-9,11-12,14-15,17,25H,10,13,16H2,1-2H3,(H,34,35,36). The third-order valence-electron chi connectivity index (χ3n) is 5.94. The molecule has 1 aliphatic carbocycles. The van der Waals surface area contributed by atoms with Gasteiger partial charge in [-0.3, -0.25) is 9.89 Å². The van der Waals surface area contributed by atoms with Crippen LogP contribution in [0.4, 0.5) is 20.4 Å². The zero-order valence-corrected chi connectivity index (χ0v) is 21.2. The van der Waals surface area contributed by atoms with E-state index in [1.807, 2.05) is 43.3 Å². The molecule has 1 atom stereocenters. The third kappa shape index (κ3) is 5.46. The Kier molecular flexibility index (Phi) is 7.13. The van der Waals surface area contributed by atoms with E-state index in [0.29, 0.717) is 34.3 Å². The largest absolute Gasteiger partial charge is 0.324 e. The van der Waals surface area contributed by atoms with Crippen LogP contribution < -0.4 is 5.32 Å². The zero-order valence-electron chi connectivity index (χ0n) is 20.4. The quantitative estimate of drug-likeness (QED) is 0.416. The third-order valence-corrected chi connectivity index (χ3v) is 6.18. The molecule has 2 aliphatic rings. The van der Waals surface area contributed by atoms with E-state index in [-0.39, 0.29) is 24.3 Å². The van der Waals surface area contributed by atoms with Crippen molar-refractivity contribution < 1.29 is 8.78 Å². The smallest absolute Gasteiger partial charge is 0.227 e. The van der Waals surface area contributed by atoms with Gasteiger partial charge in [-0.2, -0.15) is 0 Å². The number of aliphatic imine (C=N–C) groups is 1. The van der Waals surface area contributed by atoms with E-state index in [0.717, 1.165) is 16.8 Å². The number of fused-ring (bicyclic) bond motifs is 3. The average molecular weight is 516 g/mol. The van der Waals surface area contributed by atoms with Crippen LogP contribution in [0.15, 0.2) is 77.2 Å². The fraction of sp³-hybridized carbons (Fsp3) is 0.207. The molecule has 2 heterocycles. The molecular formula is C29H24ClF2N5. The molecule has 1 unspecified atom stereocenters. The lowest BCUT2D eigenvalue weighted by Gasteiger charge is -2.19. The van der Waals surface area contributed by atoms with Crippen LogP contribution in [-0.4, -0.2) is 47.4 Å². The highest BCUT2D eigenvalue weighted by Gasteiger charge is 2.29. The molecular weight excluding hydrogens is 492 g/mol. The topological polar surface area (TPSA) is 53.4 Å². The Labute approximate surface area is 219 Å². The summed E-state index contributed by atoms with van der Waals surface area (Å²) in [5, 5.41) is 3.68. The normalized spacial score (nSPS) is 16.4. The van der Waals surface area contributed by atoms with Crippen LogP contribution in [0.2, 0.25) is 5.02 Å². The molecule has 2 aromatic carbocycles. The van der Waals surface area contributed by atoms with Crippen LogP contribution in [0.3, 0.4) is 0 Å². The number of aromatic nitrogens is 2. The lowest BCUT2D eigenvalue weighted by molar-refractivity contribution is 0.382. The van der Waals surface area contributed by atoms with Gasteiger partial charge in [0.2, 0.25) is 5.95 Å². The summed E-state index contributed by atoms with van der Waals surface area (Å²) >= 11 is 6.31. The summed E-state index contributed by atoms with van der Waals surface area (Å²) in [6.45, 7) is 0.848. The predicted molar refractivity (Wildman–Crippen MR) is 145 cm³/mol. The van der Waals surface area contributed by atoms with Gasteiger partial charge in [-0.05, 0) is 50.5 Å². The first kappa shape index (κ1) is 24.8. The number of hydrogen-bond acceptors (Lipinski definition) is 5. The van der Waals surface area contributed by atoms with Gasteiger partial charge >= 0.3 is 0 Å². The second-order valence-electron chi connectivity index (χ2n) is 9.03. The molecule has 37 heavy (non-hydrogen) atoms. The first-order valence-electron chi connectivity index (χ1n) is 11.8. The van der Waals surface area contributed by atoms with Crippen LogP contribution in [0, 0.1) is 11.8 Å². The first-order chi connectivity index (χ1) is 17.9. The molecule has 0 fully saturated rings. The van der Waals surface area contributed by atoms with Crippen molar-refractivity contribution in [2.75, 3.05) is 26.0 Å². The van der Waals surface area contributed by atoms with E-state index in [2.05, 4.69) is 27.1 Å². The van der Waals surface area contributed by atoms with Crippen LogP contribution in [-0.2, 0) is 6.54 Å². The van der Waals surface area contributed by atoms with Crippen molar-refractivity contribution in [3.63, 3.8) is 0 Å². The Morgan fingerprint density at radius 2 is 2.03 bits per heavy atom. The van der Waals surface area contributed by atoms with Gasteiger partial charge in [-0.1, -0.05) is 41.7 Å². The molecule has 0 radical (unpaired) electrons. The first-order valence-corrected chi connectivity index (χ1v) is 12.2. The van der Waals surface area contributed by atoms with Crippen molar-refractivity contribution in [3.8, 4) is 23.1 Å². The summed E-state index contributed by atoms with van der Waals surface area (Å²) in [4.78, 5) is 15.9. The number of nitrogens with one attached hydrogen (secondary N) is 1. The maximum atomic E-state index is 14.9. The van der Waals surface area contributed by atoms with Gasteiger partial charge in [0.1, 0.15) is 12.0 Å². The number of alkyl halides is 1. The summed E-state index contributed by atoms with van der Waals surface area (Å²) < 4.78 is 29.7. The number of halogens is 3. The van der Waals surface area contributed by atoms with Crippen molar-refractivity contribution >= 4 is 28.9 Å². The number of nitrogens with zero attached hydrogens (tertiary/aromatic N) is 4. The molecule has 1 aromatic heterocycles. The maximum absolute atomic E-state index is 14.9. The van der Waals surface area contributed by atoms with Crippen molar-refractivity contribution in [1.82, 2.24) is 14.9 Å². The molecule has 1 aliphatic heterocycles. The second-order valence-corrected chi connectivity index (χ2v) is 9.47. The molecule has 5 nitrogen and oxygen atoms in total. The Morgan fingerprint density at radius 1 is 1.16 bits per heavy atom. The molecule has 0 saturated heterocycles. The molecule has 186 valence electrons. The van der Waals surface area contributed by atoms with E-state index >= 15 is 0 Å². The number of benzene rings is 2. The maximum Gasteiger partial charge on any atom is 0.227 e. The monoisotopic (exact) mass is 515 g/mol. The van der Waals surface area contributed by atoms with E-state index < -0.39 is 12.0 Å². The van der Waals surface area contributed by atoms with Crippen LogP contribution in [0.25, 0.3) is 11.3 Å². The minimum Gasteiger partial charge on any atom is -0.324 e.